The summed E-state index contributed by atoms with van der Waals surface area (Å²) >= 11 is 5.12. The van der Waals surface area contributed by atoms with Gasteiger partial charge in [0, 0.05) is 25.3 Å². The lowest BCUT2D eigenvalue weighted by Gasteiger charge is -2.19. The van der Waals surface area contributed by atoms with E-state index in [0.29, 0.717) is 5.17 Å². The second kappa shape index (κ2) is 4.70. The van der Waals surface area contributed by atoms with Gasteiger partial charge in [0.2, 0.25) is 0 Å². The number of rotatable bonds is 1. The zero-order valence-corrected chi connectivity index (χ0v) is 11.2. The van der Waals surface area contributed by atoms with Crippen molar-refractivity contribution in [3.05, 3.63) is 22.8 Å². The van der Waals surface area contributed by atoms with Gasteiger partial charge >= 0.3 is 0 Å². The maximum absolute atomic E-state index is 5.97. The number of benzene rings is 1. The van der Waals surface area contributed by atoms with Gasteiger partial charge in [-0.15, -0.1) is 0 Å². The quantitative estimate of drug-likeness (QED) is 0.602. The zero-order chi connectivity index (χ0) is 12.5. The normalized spacial score (nSPS) is 10.1. The first-order chi connectivity index (χ1) is 7.34. The van der Waals surface area contributed by atoms with Crippen LogP contribution in [-0.2, 0) is 0 Å². The summed E-state index contributed by atoms with van der Waals surface area (Å²) in [5.41, 5.74) is 9.80. The molecule has 0 aliphatic carbocycles. The minimum Gasteiger partial charge on any atom is -0.431 e. The summed E-state index contributed by atoms with van der Waals surface area (Å²) in [4.78, 5) is 1.75. The zero-order valence-electron chi connectivity index (χ0n) is 10.4. The summed E-state index contributed by atoms with van der Waals surface area (Å²) in [5.74, 6) is 0.766. The van der Waals surface area contributed by atoms with Gasteiger partial charge in [-0.2, -0.15) is 0 Å². The Morgan fingerprint density at radius 3 is 2.31 bits per heavy atom. The minimum absolute atomic E-state index is 0.439. The molecule has 0 saturated carbocycles. The maximum Gasteiger partial charge on any atom is 0.264 e. The Balaban J connectivity index is 3.15. The number of ether oxygens (including phenoxy) is 1. The molecule has 88 valence electrons. The molecule has 1 rings (SSSR count). The van der Waals surface area contributed by atoms with Crippen molar-refractivity contribution in [3.63, 3.8) is 0 Å². The molecule has 2 N–H and O–H groups in total. The molecular formula is C12H18N2OS. The van der Waals surface area contributed by atoms with E-state index < -0.39 is 0 Å². The fraction of sp³-hybridized carbons (Fsp3) is 0.417. The Morgan fingerprint density at radius 1 is 1.25 bits per heavy atom. The molecule has 0 aliphatic heterocycles. The lowest BCUT2D eigenvalue weighted by atomic mass is 10.0. The van der Waals surface area contributed by atoms with E-state index in [4.69, 9.17) is 22.7 Å². The van der Waals surface area contributed by atoms with Crippen LogP contribution in [0.5, 0.6) is 5.75 Å². The molecule has 0 saturated heterocycles. The van der Waals surface area contributed by atoms with Gasteiger partial charge in [0.15, 0.2) is 0 Å². The number of nitrogen functional groups attached to an aromatic ring is 1. The molecule has 3 nitrogen and oxygen atoms in total. The van der Waals surface area contributed by atoms with E-state index in [9.17, 15) is 0 Å². The third-order valence-electron chi connectivity index (χ3n) is 2.52. The van der Waals surface area contributed by atoms with Gasteiger partial charge in [-0.3, -0.25) is 0 Å². The van der Waals surface area contributed by atoms with E-state index in [-0.39, 0.29) is 0 Å². The van der Waals surface area contributed by atoms with Gasteiger partial charge in [-0.05, 0) is 44.1 Å². The molecule has 0 unspecified atom stereocenters. The summed E-state index contributed by atoms with van der Waals surface area (Å²) in [5, 5.41) is 0.439. The fourth-order valence-corrected chi connectivity index (χ4v) is 1.60. The molecule has 0 spiro atoms. The monoisotopic (exact) mass is 238 g/mol. The van der Waals surface area contributed by atoms with Crippen molar-refractivity contribution >= 4 is 23.1 Å². The van der Waals surface area contributed by atoms with Crippen molar-refractivity contribution in [1.82, 2.24) is 4.90 Å². The molecular weight excluding hydrogens is 220 g/mol. The van der Waals surface area contributed by atoms with Crippen molar-refractivity contribution in [2.75, 3.05) is 19.8 Å². The second-order valence-electron chi connectivity index (χ2n) is 4.14. The van der Waals surface area contributed by atoms with E-state index >= 15 is 0 Å². The topological polar surface area (TPSA) is 38.5 Å². The molecule has 1 aromatic rings. The number of anilines is 1. The van der Waals surface area contributed by atoms with Crippen LogP contribution in [0.3, 0.4) is 0 Å². The van der Waals surface area contributed by atoms with Gasteiger partial charge in [0.05, 0.1) is 0 Å². The number of nitrogens with two attached hydrogens (primary N) is 1. The maximum atomic E-state index is 5.97. The predicted molar refractivity (Wildman–Crippen MR) is 72.0 cm³/mol. The van der Waals surface area contributed by atoms with Crippen molar-refractivity contribution in [3.8, 4) is 5.75 Å². The van der Waals surface area contributed by atoms with Crippen molar-refractivity contribution in [1.29, 1.82) is 0 Å². The fourth-order valence-electron chi connectivity index (χ4n) is 1.52. The van der Waals surface area contributed by atoms with E-state index in [0.717, 1.165) is 28.1 Å². The smallest absolute Gasteiger partial charge is 0.264 e. The number of hydrogen-bond donors (Lipinski definition) is 1. The highest BCUT2D eigenvalue weighted by molar-refractivity contribution is 7.80. The number of aryl methyl sites for hydroxylation is 2. The van der Waals surface area contributed by atoms with Gasteiger partial charge in [-0.25, -0.2) is 0 Å². The highest BCUT2D eigenvalue weighted by Gasteiger charge is 2.12. The molecule has 1 aromatic carbocycles. The first-order valence-corrected chi connectivity index (χ1v) is 5.50. The SMILES string of the molecule is Cc1cc(C)c(OC(=S)N(C)C)c(C)c1N. The number of nitrogens with zero attached hydrogens (tertiary/aromatic N) is 1. The lowest BCUT2D eigenvalue weighted by Crippen LogP contribution is -2.25. The predicted octanol–water partition coefficient (Wildman–Crippen LogP) is 2.42. The van der Waals surface area contributed by atoms with Gasteiger partial charge in [-0.1, -0.05) is 6.07 Å². The third kappa shape index (κ3) is 2.44. The van der Waals surface area contributed by atoms with Crippen LogP contribution in [0.1, 0.15) is 16.7 Å². The Morgan fingerprint density at radius 2 is 1.81 bits per heavy atom. The Hall–Kier alpha value is -1.29. The van der Waals surface area contributed by atoms with Crippen LogP contribution in [0.2, 0.25) is 0 Å². The average molecular weight is 238 g/mol. The van der Waals surface area contributed by atoms with Crippen LogP contribution >= 0.6 is 12.2 Å². The molecule has 4 heteroatoms. The average Bonchev–Trinajstić information content (AvgIpc) is 2.20. The van der Waals surface area contributed by atoms with Crippen molar-refractivity contribution in [2.24, 2.45) is 0 Å². The first kappa shape index (κ1) is 12.8. The van der Waals surface area contributed by atoms with Crippen LogP contribution in [0.4, 0.5) is 5.69 Å². The highest BCUT2D eigenvalue weighted by Crippen LogP contribution is 2.30. The van der Waals surface area contributed by atoms with Crippen LogP contribution in [0.15, 0.2) is 6.07 Å². The summed E-state index contributed by atoms with van der Waals surface area (Å²) in [6.45, 7) is 5.93. The minimum atomic E-state index is 0.439. The molecule has 0 fully saturated rings. The number of thiocarbonyl (C=S) groups is 1. The molecule has 0 heterocycles. The van der Waals surface area contributed by atoms with Crippen LogP contribution in [0, 0.1) is 20.8 Å². The molecule has 0 atom stereocenters. The van der Waals surface area contributed by atoms with E-state index in [1.807, 2.05) is 40.9 Å². The van der Waals surface area contributed by atoms with E-state index in [2.05, 4.69) is 0 Å². The highest BCUT2D eigenvalue weighted by atomic mass is 32.1. The molecule has 0 aliphatic rings. The summed E-state index contributed by atoms with van der Waals surface area (Å²) in [6.07, 6.45) is 0. The van der Waals surface area contributed by atoms with Crippen molar-refractivity contribution in [2.45, 2.75) is 20.8 Å². The summed E-state index contributed by atoms with van der Waals surface area (Å²) in [7, 11) is 3.70. The summed E-state index contributed by atoms with van der Waals surface area (Å²) in [6, 6.07) is 2.01. The standard InChI is InChI=1S/C12H18N2OS/c1-7-6-8(2)11(9(3)10(7)13)15-12(16)14(4)5/h6H,13H2,1-5H3. The molecule has 0 aromatic heterocycles. The van der Waals surface area contributed by atoms with Crippen LogP contribution in [-0.4, -0.2) is 24.2 Å². The second-order valence-corrected chi connectivity index (χ2v) is 4.49. The first-order valence-electron chi connectivity index (χ1n) is 5.10. The largest absolute Gasteiger partial charge is 0.431 e. The molecule has 16 heavy (non-hydrogen) atoms. The van der Waals surface area contributed by atoms with Gasteiger partial charge < -0.3 is 15.4 Å². The number of hydrogen-bond acceptors (Lipinski definition) is 3. The Bertz CT molecular complexity index is 428. The van der Waals surface area contributed by atoms with E-state index in [1.54, 1.807) is 4.90 Å². The van der Waals surface area contributed by atoms with Gasteiger partial charge in [0.1, 0.15) is 5.75 Å². The summed E-state index contributed by atoms with van der Waals surface area (Å²) < 4.78 is 5.65. The van der Waals surface area contributed by atoms with E-state index in [1.165, 1.54) is 0 Å². The Kier molecular flexibility index (Phi) is 3.75. The van der Waals surface area contributed by atoms with Crippen LogP contribution < -0.4 is 10.5 Å². The van der Waals surface area contributed by atoms with Crippen molar-refractivity contribution < 1.29 is 4.74 Å². The third-order valence-corrected chi connectivity index (χ3v) is 2.96. The molecule has 0 amide bonds. The lowest BCUT2D eigenvalue weighted by molar-refractivity contribution is 0.445. The molecule has 0 bridgehead atoms. The molecule has 0 radical (unpaired) electrons. The van der Waals surface area contributed by atoms with Crippen LogP contribution in [0.25, 0.3) is 0 Å². The van der Waals surface area contributed by atoms with Gasteiger partial charge in [0.25, 0.3) is 5.17 Å². The Labute approximate surface area is 102 Å².